The van der Waals surface area contributed by atoms with Crippen LogP contribution in [0.2, 0.25) is 5.02 Å². The average Bonchev–Trinajstić information content (AvgIpc) is 2.30. The standard InChI is InChI=1S/C14H15ClO5S/c1-21(19,20)13-3-2-9(7-12(13)15)11(14(17)18)6-8-4-10(16)5-8/h2-3,7-8,11H,4-6H2,1H3,(H,17,18). The Labute approximate surface area is 127 Å². The van der Waals surface area contributed by atoms with Crippen LogP contribution in [0.25, 0.3) is 0 Å². The number of carboxylic acids is 1. The molecule has 1 unspecified atom stereocenters. The molecule has 0 aromatic heterocycles. The number of rotatable bonds is 5. The monoisotopic (exact) mass is 330 g/mol. The van der Waals surface area contributed by atoms with E-state index >= 15 is 0 Å². The molecule has 0 spiro atoms. The van der Waals surface area contributed by atoms with Crippen LogP contribution in [-0.2, 0) is 19.4 Å². The smallest absolute Gasteiger partial charge is 0.310 e. The third-order valence-electron chi connectivity index (χ3n) is 3.66. The summed E-state index contributed by atoms with van der Waals surface area (Å²) in [6.07, 6.45) is 2.23. The molecule has 1 aromatic carbocycles. The van der Waals surface area contributed by atoms with Gasteiger partial charge in [0.05, 0.1) is 15.8 Å². The Balaban J connectivity index is 2.27. The molecule has 2 rings (SSSR count). The molecule has 0 amide bonds. The molecular formula is C14H15ClO5S. The van der Waals surface area contributed by atoms with E-state index in [9.17, 15) is 23.1 Å². The van der Waals surface area contributed by atoms with Gasteiger partial charge in [-0.25, -0.2) is 8.42 Å². The highest BCUT2D eigenvalue weighted by molar-refractivity contribution is 7.90. The van der Waals surface area contributed by atoms with Gasteiger partial charge in [-0.05, 0) is 30.0 Å². The molecule has 1 fully saturated rings. The summed E-state index contributed by atoms with van der Waals surface area (Å²) in [5.74, 6) is -1.56. The first kappa shape index (κ1) is 16.0. The predicted octanol–water partition coefficient (Wildman–Crippen LogP) is 2.28. The highest BCUT2D eigenvalue weighted by atomic mass is 35.5. The van der Waals surface area contributed by atoms with Gasteiger partial charge in [0.15, 0.2) is 9.84 Å². The van der Waals surface area contributed by atoms with E-state index in [1.807, 2.05) is 0 Å². The molecule has 5 nitrogen and oxygen atoms in total. The quantitative estimate of drug-likeness (QED) is 0.894. The molecule has 1 atom stereocenters. The maximum absolute atomic E-state index is 11.5. The zero-order chi connectivity index (χ0) is 15.8. The summed E-state index contributed by atoms with van der Waals surface area (Å²) in [4.78, 5) is 22.4. The lowest BCUT2D eigenvalue weighted by atomic mass is 9.76. The van der Waals surface area contributed by atoms with Crippen molar-refractivity contribution in [2.75, 3.05) is 6.26 Å². The Bertz CT molecular complexity index is 687. The van der Waals surface area contributed by atoms with E-state index in [2.05, 4.69) is 0 Å². The second kappa shape index (κ2) is 5.77. The van der Waals surface area contributed by atoms with Gasteiger partial charge in [-0.2, -0.15) is 0 Å². The van der Waals surface area contributed by atoms with Gasteiger partial charge in [-0.3, -0.25) is 9.59 Å². The lowest BCUT2D eigenvalue weighted by Gasteiger charge is -2.27. The van der Waals surface area contributed by atoms with Gasteiger partial charge in [-0.15, -0.1) is 0 Å². The topological polar surface area (TPSA) is 88.5 Å². The Morgan fingerprint density at radius 1 is 1.43 bits per heavy atom. The Hall–Kier alpha value is -1.40. The molecule has 7 heteroatoms. The fourth-order valence-electron chi connectivity index (χ4n) is 2.50. The molecule has 114 valence electrons. The molecule has 0 bridgehead atoms. The normalized spacial score (nSPS) is 17.3. The molecule has 1 N–H and O–H groups in total. The van der Waals surface area contributed by atoms with E-state index in [4.69, 9.17) is 11.6 Å². The Kier molecular flexibility index (Phi) is 4.39. The van der Waals surface area contributed by atoms with Gasteiger partial charge in [0.1, 0.15) is 5.78 Å². The molecule has 0 aliphatic heterocycles. The van der Waals surface area contributed by atoms with Crippen LogP contribution in [0.5, 0.6) is 0 Å². The number of carbonyl (C=O) groups excluding carboxylic acids is 1. The van der Waals surface area contributed by atoms with Crippen molar-refractivity contribution in [3.63, 3.8) is 0 Å². The summed E-state index contributed by atoms with van der Waals surface area (Å²) in [7, 11) is -3.44. The predicted molar refractivity (Wildman–Crippen MR) is 77.3 cm³/mol. The van der Waals surface area contributed by atoms with Crippen molar-refractivity contribution in [3.8, 4) is 0 Å². The third kappa shape index (κ3) is 3.63. The molecular weight excluding hydrogens is 316 g/mol. The summed E-state index contributed by atoms with van der Waals surface area (Å²) in [5, 5.41) is 9.35. The van der Waals surface area contributed by atoms with Crippen LogP contribution in [0, 0.1) is 5.92 Å². The fraction of sp³-hybridized carbons (Fsp3) is 0.429. The van der Waals surface area contributed by atoms with Gasteiger partial charge < -0.3 is 5.11 Å². The van der Waals surface area contributed by atoms with Crippen molar-refractivity contribution in [1.29, 1.82) is 0 Å². The van der Waals surface area contributed by atoms with Gasteiger partial charge >= 0.3 is 5.97 Å². The van der Waals surface area contributed by atoms with E-state index < -0.39 is 21.7 Å². The minimum atomic E-state index is -3.44. The summed E-state index contributed by atoms with van der Waals surface area (Å²) in [6, 6.07) is 4.19. The van der Waals surface area contributed by atoms with Gasteiger partial charge in [0.2, 0.25) is 0 Å². The number of benzene rings is 1. The van der Waals surface area contributed by atoms with Crippen LogP contribution in [-0.4, -0.2) is 31.5 Å². The highest BCUT2D eigenvalue weighted by Gasteiger charge is 2.32. The maximum atomic E-state index is 11.5. The van der Waals surface area contributed by atoms with Crippen LogP contribution in [0.3, 0.4) is 0 Å². The Morgan fingerprint density at radius 2 is 2.05 bits per heavy atom. The molecule has 0 radical (unpaired) electrons. The fourth-order valence-corrected chi connectivity index (χ4v) is 3.84. The number of aliphatic carboxylic acids is 1. The highest BCUT2D eigenvalue weighted by Crippen LogP contribution is 2.35. The van der Waals surface area contributed by atoms with Crippen molar-refractivity contribution in [3.05, 3.63) is 28.8 Å². The molecule has 1 aromatic rings. The lowest BCUT2D eigenvalue weighted by molar-refractivity contribution is -0.140. The number of carbonyl (C=O) groups is 2. The van der Waals surface area contributed by atoms with Crippen LogP contribution in [0.4, 0.5) is 0 Å². The van der Waals surface area contributed by atoms with E-state index in [0.29, 0.717) is 24.8 Å². The third-order valence-corrected chi connectivity index (χ3v) is 5.24. The van der Waals surface area contributed by atoms with E-state index in [-0.39, 0.29) is 21.6 Å². The first-order valence-electron chi connectivity index (χ1n) is 6.42. The molecule has 1 aliphatic carbocycles. The van der Waals surface area contributed by atoms with Crippen LogP contribution >= 0.6 is 11.6 Å². The number of hydrogen-bond donors (Lipinski definition) is 1. The van der Waals surface area contributed by atoms with Gasteiger partial charge in [0.25, 0.3) is 0 Å². The molecule has 1 aliphatic rings. The average molecular weight is 331 g/mol. The minimum Gasteiger partial charge on any atom is -0.481 e. The zero-order valence-corrected chi connectivity index (χ0v) is 12.9. The van der Waals surface area contributed by atoms with Crippen molar-refractivity contribution in [2.24, 2.45) is 5.92 Å². The van der Waals surface area contributed by atoms with Crippen LogP contribution < -0.4 is 0 Å². The van der Waals surface area contributed by atoms with Crippen molar-refractivity contribution in [2.45, 2.75) is 30.1 Å². The van der Waals surface area contributed by atoms with Crippen molar-refractivity contribution in [1.82, 2.24) is 0 Å². The SMILES string of the molecule is CS(=O)(=O)c1ccc(C(CC2CC(=O)C2)C(=O)O)cc1Cl. The van der Waals surface area contributed by atoms with Gasteiger partial charge in [0, 0.05) is 19.1 Å². The summed E-state index contributed by atoms with van der Waals surface area (Å²) in [5.41, 5.74) is 0.458. The largest absolute Gasteiger partial charge is 0.481 e. The van der Waals surface area contributed by atoms with Crippen LogP contribution in [0.15, 0.2) is 23.1 Å². The number of Topliss-reactive ketones (excluding diaryl/α,β-unsaturated/α-hetero) is 1. The summed E-state index contributed by atoms with van der Waals surface area (Å²) in [6.45, 7) is 0. The zero-order valence-electron chi connectivity index (χ0n) is 11.4. The van der Waals surface area contributed by atoms with Crippen molar-refractivity contribution < 1.29 is 23.1 Å². The lowest BCUT2D eigenvalue weighted by Crippen LogP contribution is -2.27. The van der Waals surface area contributed by atoms with E-state index in [1.165, 1.54) is 18.2 Å². The van der Waals surface area contributed by atoms with Gasteiger partial charge in [-0.1, -0.05) is 17.7 Å². The van der Waals surface area contributed by atoms with E-state index in [0.717, 1.165) is 6.26 Å². The second-order valence-electron chi connectivity index (χ2n) is 5.40. The summed E-state index contributed by atoms with van der Waals surface area (Å²) < 4.78 is 23.0. The molecule has 0 heterocycles. The van der Waals surface area contributed by atoms with Crippen LogP contribution in [0.1, 0.15) is 30.7 Å². The maximum Gasteiger partial charge on any atom is 0.310 e. The number of ketones is 1. The first-order valence-corrected chi connectivity index (χ1v) is 8.69. The molecule has 0 saturated heterocycles. The minimum absolute atomic E-state index is 0.0177. The Morgan fingerprint density at radius 3 is 2.48 bits per heavy atom. The number of sulfone groups is 1. The molecule has 1 saturated carbocycles. The first-order chi connectivity index (χ1) is 9.68. The van der Waals surface area contributed by atoms with E-state index in [1.54, 1.807) is 0 Å². The second-order valence-corrected chi connectivity index (χ2v) is 7.79. The van der Waals surface area contributed by atoms with Crippen molar-refractivity contribution >= 4 is 33.2 Å². The number of halogens is 1. The molecule has 21 heavy (non-hydrogen) atoms. The number of hydrogen-bond acceptors (Lipinski definition) is 4. The number of carboxylic acid groups (broad SMARTS) is 1. The summed E-state index contributed by atoms with van der Waals surface area (Å²) >= 11 is 5.94.